The van der Waals surface area contributed by atoms with E-state index in [1.54, 1.807) is 6.08 Å². The highest BCUT2D eigenvalue weighted by Crippen LogP contribution is 2.00. The van der Waals surface area contributed by atoms with Crippen LogP contribution in [-0.2, 0) is 9.53 Å². The van der Waals surface area contributed by atoms with Crippen LogP contribution in [0.15, 0.2) is 36.4 Å². The minimum absolute atomic E-state index is 0.282. The fourth-order valence-corrected chi connectivity index (χ4v) is 1.38. The van der Waals surface area contributed by atoms with Crippen LogP contribution in [0.1, 0.15) is 19.4 Å². The number of quaternary nitrogens is 1. The summed E-state index contributed by atoms with van der Waals surface area (Å²) in [6.07, 6.45) is 3.24. The van der Waals surface area contributed by atoms with Crippen molar-refractivity contribution < 1.29 is 14.4 Å². The average molecular weight is 248 g/mol. The van der Waals surface area contributed by atoms with Crippen LogP contribution in [0.2, 0.25) is 0 Å². The predicted molar refractivity (Wildman–Crippen MR) is 73.3 cm³/mol. The van der Waals surface area contributed by atoms with Crippen molar-refractivity contribution in [2.24, 2.45) is 0 Å². The van der Waals surface area contributed by atoms with E-state index in [1.165, 1.54) is 11.0 Å². The van der Waals surface area contributed by atoms with Gasteiger partial charge < -0.3 is 9.64 Å². The van der Waals surface area contributed by atoms with Crippen LogP contribution in [0.4, 0.5) is 0 Å². The maximum absolute atomic E-state index is 11.4. The Morgan fingerprint density at radius 3 is 2.61 bits per heavy atom. The zero-order valence-electron chi connectivity index (χ0n) is 11.3. The summed E-state index contributed by atoms with van der Waals surface area (Å²) >= 11 is 0. The van der Waals surface area contributed by atoms with Crippen LogP contribution in [0, 0.1) is 0 Å². The second-order valence-electron chi connectivity index (χ2n) is 4.66. The molecule has 98 valence electrons. The van der Waals surface area contributed by atoms with Crippen molar-refractivity contribution in [3.63, 3.8) is 0 Å². The standard InChI is InChI=1S/C15H21NO2/c1-13(2)16(3)11-12-18-15(17)10-9-14-7-5-4-6-8-14/h4-10,13H,11-12H2,1-3H3/p+1/b10-9+. The minimum atomic E-state index is -0.282. The quantitative estimate of drug-likeness (QED) is 0.605. The smallest absolute Gasteiger partial charge is 0.330 e. The molecule has 1 unspecified atom stereocenters. The number of benzene rings is 1. The van der Waals surface area contributed by atoms with Crippen molar-refractivity contribution in [1.29, 1.82) is 0 Å². The fraction of sp³-hybridized carbons (Fsp3) is 0.400. The number of nitrogens with one attached hydrogen (secondary N) is 1. The molecule has 3 nitrogen and oxygen atoms in total. The molecule has 0 saturated carbocycles. The number of hydrogen-bond donors (Lipinski definition) is 1. The monoisotopic (exact) mass is 248 g/mol. The summed E-state index contributed by atoms with van der Waals surface area (Å²) in [5.74, 6) is -0.282. The first-order chi connectivity index (χ1) is 8.59. The Balaban J connectivity index is 2.28. The first-order valence-electron chi connectivity index (χ1n) is 6.32. The third-order valence-electron chi connectivity index (χ3n) is 2.94. The summed E-state index contributed by atoms with van der Waals surface area (Å²) in [6.45, 7) is 5.59. The van der Waals surface area contributed by atoms with Crippen molar-refractivity contribution in [3.05, 3.63) is 42.0 Å². The maximum Gasteiger partial charge on any atom is 0.330 e. The normalized spacial score (nSPS) is 12.9. The van der Waals surface area contributed by atoms with E-state index in [4.69, 9.17) is 4.74 Å². The zero-order chi connectivity index (χ0) is 13.4. The van der Waals surface area contributed by atoms with Crippen molar-refractivity contribution in [3.8, 4) is 0 Å². The van der Waals surface area contributed by atoms with Gasteiger partial charge in [-0.2, -0.15) is 0 Å². The molecule has 0 radical (unpaired) electrons. The third-order valence-corrected chi connectivity index (χ3v) is 2.94. The molecule has 0 aliphatic rings. The number of likely N-dealkylation sites (N-methyl/N-ethyl adjacent to an activating group) is 1. The van der Waals surface area contributed by atoms with E-state index >= 15 is 0 Å². The highest BCUT2D eigenvalue weighted by Gasteiger charge is 2.06. The van der Waals surface area contributed by atoms with E-state index in [0.29, 0.717) is 12.6 Å². The molecule has 0 aliphatic carbocycles. The Morgan fingerprint density at radius 2 is 2.00 bits per heavy atom. The SMILES string of the molecule is CC(C)[NH+](C)CCOC(=O)/C=C/c1ccccc1. The average Bonchev–Trinajstić information content (AvgIpc) is 2.37. The fourth-order valence-electron chi connectivity index (χ4n) is 1.38. The van der Waals surface area contributed by atoms with Crippen LogP contribution in [0.5, 0.6) is 0 Å². The van der Waals surface area contributed by atoms with Gasteiger partial charge >= 0.3 is 5.97 Å². The molecule has 0 aliphatic heterocycles. The molecule has 0 fully saturated rings. The molecule has 18 heavy (non-hydrogen) atoms. The Kier molecular flexibility index (Phi) is 6.15. The Morgan fingerprint density at radius 1 is 1.33 bits per heavy atom. The number of carbonyl (C=O) groups is 1. The Bertz CT molecular complexity index is 385. The topological polar surface area (TPSA) is 30.7 Å². The van der Waals surface area contributed by atoms with Gasteiger partial charge in [0.05, 0.1) is 13.1 Å². The molecular weight excluding hydrogens is 226 g/mol. The van der Waals surface area contributed by atoms with E-state index in [1.807, 2.05) is 30.3 Å². The number of ether oxygens (including phenoxy) is 1. The van der Waals surface area contributed by atoms with Crippen LogP contribution in [-0.4, -0.2) is 32.2 Å². The van der Waals surface area contributed by atoms with Crippen molar-refractivity contribution in [2.45, 2.75) is 19.9 Å². The van der Waals surface area contributed by atoms with Crippen LogP contribution in [0.25, 0.3) is 6.08 Å². The van der Waals surface area contributed by atoms with Gasteiger partial charge in [0.25, 0.3) is 0 Å². The highest BCUT2D eigenvalue weighted by atomic mass is 16.5. The maximum atomic E-state index is 11.4. The van der Waals surface area contributed by atoms with Gasteiger partial charge in [-0.15, -0.1) is 0 Å². The van der Waals surface area contributed by atoms with E-state index in [2.05, 4.69) is 20.9 Å². The summed E-state index contributed by atoms with van der Waals surface area (Å²) in [6, 6.07) is 10.3. The predicted octanol–water partition coefficient (Wildman–Crippen LogP) is 1.17. The molecule has 0 heterocycles. The lowest BCUT2D eigenvalue weighted by Crippen LogP contribution is -3.12. The third kappa shape index (κ3) is 5.64. The lowest BCUT2D eigenvalue weighted by Gasteiger charge is -2.17. The number of hydrogen-bond acceptors (Lipinski definition) is 2. The van der Waals surface area contributed by atoms with Gasteiger partial charge in [-0.3, -0.25) is 0 Å². The van der Waals surface area contributed by atoms with Gasteiger partial charge in [0.2, 0.25) is 0 Å². The molecule has 0 bridgehead atoms. The first-order valence-corrected chi connectivity index (χ1v) is 6.32. The molecule has 0 spiro atoms. The summed E-state index contributed by atoms with van der Waals surface area (Å²) in [4.78, 5) is 12.8. The van der Waals surface area contributed by atoms with Gasteiger partial charge in [0.15, 0.2) is 0 Å². The lowest BCUT2D eigenvalue weighted by molar-refractivity contribution is -0.901. The van der Waals surface area contributed by atoms with E-state index in [-0.39, 0.29) is 5.97 Å². The minimum Gasteiger partial charge on any atom is -0.457 e. The number of esters is 1. The largest absolute Gasteiger partial charge is 0.457 e. The van der Waals surface area contributed by atoms with Crippen molar-refractivity contribution >= 4 is 12.0 Å². The lowest BCUT2D eigenvalue weighted by atomic mass is 10.2. The molecule has 1 N–H and O–H groups in total. The highest BCUT2D eigenvalue weighted by molar-refractivity contribution is 5.86. The Labute approximate surface area is 109 Å². The number of rotatable bonds is 6. The van der Waals surface area contributed by atoms with E-state index in [9.17, 15) is 4.79 Å². The zero-order valence-corrected chi connectivity index (χ0v) is 11.3. The molecular formula is C15H22NO2+. The van der Waals surface area contributed by atoms with Crippen molar-refractivity contribution in [2.75, 3.05) is 20.2 Å². The molecule has 1 atom stereocenters. The van der Waals surface area contributed by atoms with Crippen LogP contribution < -0.4 is 4.90 Å². The van der Waals surface area contributed by atoms with Gasteiger partial charge in [-0.1, -0.05) is 30.3 Å². The molecule has 1 aromatic carbocycles. The first kappa shape index (κ1) is 14.5. The molecule has 1 aromatic rings. The van der Waals surface area contributed by atoms with Gasteiger partial charge in [0.1, 0.15) is 13.2 Å². The molecule has 1 rings (SSSR count). The molecule has 0 saturated heterocycles. The van der Waals surface area contributed by atoms with Crippen molar-refractivity contribution in [1.82, 2.24) is 0 Å². The second kappa shape index (κ2) is 7.67. The Hall–Kier alpha value is -1.61. The summed E-state index contributed by atoms with van der Waals surface area (Å²) in [7, 11) is 2.10. The second-order valence-corrected chi connectivity index (χ2v) is 4.66. The molecule has 3 heteroatoms. The summed E-state index contributed by atoms with van der Waals surface area (Å²) in [5.41, 5.74) is 0.999. The van der Waals surface area contributed by atoms with Crippen LogP contribution >= 0.6 is 0 Å². The summed E-state index contributed by atoms with van der Waals surface area (Å²) in [5, 5.41) is 0. The van der Waals surface area contributed by atoms with E-state index < -0.39 is 0 Å². The van der Waals surface area contributed by atoms with E-state index in [0.717, 1.165) is 12.1 Å². The van der Waals surface area contributed by atoms with Gasteiger partial charge in [-0.05, 0) is 25.5 Å². The van der Waals surface area contributed by atoms with Gasteiger partial charge in [-0.25, -0.2) is 4.79 Å². The molecule has 0 aromatic heterocycles. The summed E-state index contributed by atoms with van der Waals surface area (Å²) < 4.78 is 5.14. The van der Waals surface area contributed by atoms with Gasteiger partial charge in [0, 0.05) is 6.08 Å². The van der Waals surface area contributed by atoms with Crippen LogP contribution in [0.3, 0.4) is 0 Å². The molecule has 0 amide bonds. The number of carbonyl (C=O) groups excluding carboxylic acids is 1.